The van der Waals surface area contributed by atoms with E-state index < -0.39 is 0 Å². The smallest absolute Gasteiger partial charge is 0.225 e. The maximum atomic E-state index is 12.0. The first kappa shape index (κ1) is 16.4. The topological polar surface area (TPSA) is 59.6 Å². The fourth-order valence-electron chi connectivity index (χ4n) is 3.43. The van der Waals surface area contributed by atoms with E-state index >= 15 is 0 Å². The number of rotatable bonds is 5. The van der Waals surface area contributed by atoms with E-state index in [1.807, 2.05) is 30.3 Å². The second-order valence-electron chi connectivity index (χ2n) is 6.45. The Balaban J connectivity index is 1.39. The lowest BCUT2D eigenvalue weighted by atomic mass is 9.84. The molecular formula is C18H26N2O3. The van der Waals surface area contributed by atoms with Crippen LogP contribution in [0.1, 0.15) is 32.1 Å². The van der Waals surface area contributed by atoms with Gasteiger partial charge >= 0.3 is 0 Å². The normalized spacial score (nSPS) is 23.6. The Bertz CT molecular complexity index is 495. The van der Waals surface area contributed by atoms with E-state index in [2.05, 4.69) is 10.6 Å². The van der Waals surface area contributed by atoms with Crippen LogP contribution in [0.4, 0.5) is 5.69 Å². The summed E-state index contributed by atoms with van der Waals surface area (Å²) in [7, 11) is 0. The minimum absolute atomic E-state index is 0.000461. The first-order chi connectivity index (χ1) is 11.3. The number of carbonyl (C=O) groups is 1. The average Bonchev–Trinajstić information content (AvgIpc) is 2.56. The zero-order valence-corrected chi connectivity index (χ0v) is 13.6. The molecule has 2 saturated heterocycles. The SMILES string of the molecule is O=C(CCN[C@@H]1CCOC2(CCOCC2)C1)Nc1ccccc1. The fourth-order valence-corrected chi connectivity index (χ4v) is 3.43. The number of nitrogens with one attached hydrogen (secondary N) is 2. The number of para-hydroxylation sites is 1. The molecule has 2 heterocycles. The molecule has 1 atom stereocenters. The molecule has 0 unspecified atom stereocenters. The van der Waals surface area contributed by atoms with Gasteiger partial charge in [0.2, 0.25) is 5.91 Å². The van der Waals surface area contributed by atoms with Crippen LogP contribution in [0.25, 0.3) is 0 Å². The third-order valence-electron chi connectivity index (χ3n) is 4.74. The van der Waals surface area contributed by atoms with Crippen molar-refractivity contribution in [3.8, 4) is 0 Å². The summed E-state index contributed by atoms with van der Waals surface area (Å²) in [4.78, 5) is 12.0. The zero-order valence-electron chi connectivity index (χ0n) is 13.6. The summed E-state index contributed by atoms with van der Waals surface area (Å²) in [5, 5.41) is 6.44. The van der Waals surface area contributed by atoms with Gasteiger partial charge in [-0.2, -0.15) is 0 Å². The van der Waals surface area contributed by atoms with Crippen molar-refractivity contribution < 1.29 is 14.3 Å². The molecule has 3 rings (SSSR count). The molecular weight excluding hydrogens is 292 g/mol. The lowest BCUT2D eigenvalue weighted by Crippen LogP contribution is -2.50. The Hall–Kier alpha value is -1.43. The molecule has 23 heavy (non-hydrogen) atoms. The van der Waals surface area contributed by atoms with Gasteiger partial charge in [0, 0.05) is 44.5 Å². The predicted molar refractivity (Wildman–Crippen MR) is 89.4 cm³/mol. The van der Waals surface area contributed by atoms with Gasteiger partial charge in [-0.1, -0.05) is 18.2 Å². The molecule has 1 spiro atoms. The Morgan fingerprint density at radius 3 is 2.74 bits per heavy atom. The predicted octanol–water partition coefficient (Wildman–Crippen LogP) is 2.33. The number of anilines is 1. The van der Waals surface area contributed by atoms with Gasteiger partial charge in [0.15, 0.2) is 0 Å². The molecule has 0 saturated carbocycles. The van der Waals surface area contributed by atoms with E-state index in [0.717, 1.165) is 51.2 Å². The van der Waals surface area contributed by atoms with Crippen molar-refractivity contribution in [1.82, 2.24) is 5.32 Å². The zero-order chi connectivity index (χ0) is 16.0. The van der Waals surface area contributed by atoms with Gasteiger partial charge < -0.3 is 20.1 Å². The van der Waals surface area contributed by atoms with E-state index in [4.69, 9.17) is 9.47 Å². The highest BCUT2D eigenvalue weighted by Crippen LogP contribution is 2.34. The summed E-state index contributed by atoms with van der Waals surface area (Å²) < 4.78 is 11.5. The Labute approximate surface area is 137 Å². The molecule has 5 heteroatoms. The number of carbonyl (C=O) groups excluding carboxylic acids is 1. The van der Waals surface area contributed by atoms with E-state index in [0.29, 0.717) is 19.0 Å². The van der Waals surface area contributed by atoms with Gasteiger partial charge in [-0.15, -0.1) is 0 Å². The van der Waals surface area contributed by atoms with Crippen LogP contribution in [-0.4, -0.2) is 43.9 Å². The Morgan fingerprint density at radius 2 is 1.96 bits per heavy atom. The molecule has 126 valence electrons. The van der Waals surface area contributed by atoms with E-state index in [9.17, 15) is 4.79 Å². The lowest BCUT2D eigenvalue weighted by Gasteiger charge is -2.43. The first-order valence-corrected chi connectivity index (χ1v) is 8.56. The highest BCUT2D eigenvalue weighted by Gasteiger charge is 2.38. The maximum absolute atomic E-state index is 12.0. The van der Waals surface area contributed by atoms with Gasteiger partial charge in [0.1, 0.15) is 0 Å². The highest BCUT2D eigenvalue weighted by atomic mass is 16.5. The third kappa shape index (κ3) is 4.77. The number of amides is 1. The van der Waals surface area contributed by atoms with Crippen molar-refractivity contribution >= 4 is 11.6 Å². The van der Waals surface area contributed by atoms with E-state index in [1.54, 1.807) is 0 Å². The van der Waals surface area contributed by atoms with Crippen LogP contribution in [0, 0.1) is 0 Å². The Morgan fingerprint density at radius 1 is 1.17 bits per heavy atom. The maximum Gasteiger partial charge on any atom is 0.225 e. The minimum Gasteiger partial charge on any atom is -0.381 e. The standard InChI is InChI=1S/C18H26N2O3/c21-17(20-15-4-2-1-3-5-15)6-10-19-16-7-11-23-18(14-16)8-12-22-13-9-18/h1-5,16,19H,6-14H2,(H,20,21)/t16-/m1/s1. The number of hydrogen-bond acceptors (Lipinski definition) is 4. The molecule has 2 N–H and O–H groups in total. The second kappa shape index (κ2) is 7.90. The number of hydrogen-bond donors (Lipinski definition) is 2. The van der Waals surface area contributed by atoms with Crippen LogP contribution in [0.2, 0.25) is 0 Å². The molecule has 2 fully saturated rings. The Kier molecular flexibility index (Phi) is 5.65. The summed E-state index contributed by atoms with van der Waals surface area (Å²) in [5.74, 6) is 0.0524. The first-order valence-electron chi connectivity index (χ1n) is 8.56. The second-order valence-corrected chi connectivity index (χ2v) is 6.45. The molecule has 2 aliphatic rings. The molecule has 5 nitrogen and oxygen atoms in total. The molecule has 0 radical (unpaired) electrons. The van der Waals surface area contributed by atoms with Crippen LogP contribution in [0.5, 0.6) is 0 Å². The van der Waals surface area contributed by atoms with Crippen molar-refractivity contribution in [2.75, 3.05) is 31.7 Å². The summed E-state index contributed by atoms with van der Waals surface area (Å²) in [6.45, 7) is 3.10. The summed E-state index contributed by atoms with van der Waals surface area (Å²) in [6, 6.07) is 10.0. The lowest BCUT2D eigenvalue weighted by molar-refractivity contribution is -0.140. The third-order valence-corrected chi connectivity index (χ3v) is 4.74. The van der Waals surface area contributed by atoms with Gasteiger partial charge in [-0.25, -0.2) is 0 Å². The van der Waals surface area contributed by atoms with Gasteiger partial charge in [-0.3, -0.25) is 4.79 Å². The van der Waals surface area contributed by atoms with Crippen molar-refractivity contribution in [1.29, 1.82) is 0 Å². The molecule has 0 aliphatic carbocycles. The van der Waals surface area contributed by atoms with Crippen molar-refractivity contribution in [2.45, 2.75) is 43.7 Å². The molecule has 0 bridgehead atoms. The van der Waals surface area contributed by atoms with Crippen LogP contribution in [0.3, 0.4) is 0 Å². The minimum atomic E-state index is 0.000461. The van der Waals surface area contributed by atoms with Crippen molar-refractivity contribution in [2.24, 2.45) is 0 Å². The van der Waals surface area contributed by atoms with Crippen LogP contribution < -0.4 is 10.6 Å². The molecule has 1 amide bonds. The summed E-state index contributed by atoms with van der Waals surface area (Å²) in [6.07, 6.45) is 4.50. The number of benzene rings is 1. The fraction of sp³-hybridized carbons (Fsp3) is 0.611. The van der Waals surface area contributed by atoms with Crippen LogP contribution in [0.15, 0.2) is 30.3 Å². The van der Waals surface area contributed by atoms with Crippen molar-refractivity contribution in [3.63, 3.8) is 0 Å². The van der Waals surface area contributed by atoms with Crippen LogP contribution in [-0.2, 0) is 14.3 Å². The molecule has 0 aromatic heterocycles. The largest absolute Gasteiger partial charge is 0.381 e. The number of ether oxygens (including phenoxy) is 2. The summed E-state index contributed by atoms with van der Waals surface area (Å²) in [5.41, 5.74) is 0.852. The molecule has 1 aromatic carbocycles. The van der Waals surface area contributed by atoms with E-state index in [-0.39, 0.29) is 11.5 Å². The van der Waals surface area contributed by atoms with Gasteiger partial charge in [0.05, 0.1) is 5.60 Å². The average molecular weight is 318 g/mol. The highest BCUT2D eigenvalue weighted by molar-refractivity contribution is 5.90. The van der Waals surface area contributed by atoms with Crippen LogP contribution >= 0.6 is 0 Å². The summed E-state index contributed by atoms with van der Waals surface area (Å²) >= 11 is 0. The quantitative estimate of drug-likeness (QED) is 0.875. The van der Waals surface area contributed by atoms with Gasteiger partial charge in [0.25, 0.3) is 0 Å². The molecule has 1 aromatic rings. The monoisotopic (exact) mass is 318 g/mol. The van der Waals surface area contributed by atoms with Crippen molar-refractivity contribution in [3.05, 3.63) is 30.3 Å². The molecule has 2 aliphatic heterocycles. The van der Waals surface area contributed by atoms with Gasteiger partial charge in [-0.05, 0) is 37.8 Å². The van der Waals surface area contributed by atoms with E-state index in [1.165, 1.54) is 0 Å².